The van der Waals surface area contributed by atoms with E-state index in [2.05, 4.69) is 35.6 Å². The van der Waals surface area contributed by atoms with Gasteiger partial charge in [-0.05, 0) is 51.3 Å². The highest BCUT2D eigenvalue weighted by Crippen LogP contribution is 2.57. The van der Waals surface area contributed by atoms with E-state index >= 15 is 0 Å². The van der Waals surface area contributed by atoms with Crippen molar-refractivity contribution in [2.24, 2.45) is 0 Å². The Bertz CT molecular complexity index is 128. The second-order valence-electron chi connectivity index (χ2n) is 4.47. The number of hydrogen-bond donors (Lipinski definition) is 0. The van der Waals surface area contributed by atoms with Gasteiger partial charge in [-0.3, -0.25) is 0 Å². The van der Waals surface area contributed by atoms with Crippen molar-refractivity contribution in [3.63, 3.8) is 0 Å². The predicted octanol–water partition coefficient (Wildman–Crippen LogP) is 5.89. The van der Waals surface area contributed by atoms with Crippen LogP contribution in [0, 0.1) is 0 Å². The lowest BCUT2D eigenvalue weighted by Gasteiger charge is -2.33. The summed E-state index contributed by atoms with van der Waals surface area (Å²) < 4.78 is 0. The molecule has 0 saturated heterocycles. The zero-order valence-electron chi connectivity index (χ0n) is 10.9. The SMILES string of the molecule is CCCCCS(Br)(CCCC)CCCC. The van der Waals surface area contributed by atoms with E-state index in [9.17, 15) is 0 Å². The lowest BCUT2D eigenvalue weighted by Crippen LogP contribution is -2.07. The minimum absolute atomic E-state index is 0.423. The lowest BCUT2D eigenvalue weighted by atomic mass is 10.3. The Kier molecular flexibility index (Phi) is 10.6. The molecule has 0 unspecified atom stereocenters. The Morgan fingerprint density at radius 1 is 0.667 bits per heavy atom. The Morgan fingerprint density at radius 2 is 1.07 bits per heavy atom. The Hall–Kier alpha value is 0.830. The molecule has 0 atom stereocenters. The van der Waals surface area contributed by atoms with E-state index in [-0.39, 0.29) is 0 Å². The van der Waals surface area contributed by atoms with Gasteiger partial charge in [0.15, 0.2) is 0 Å². The molecule has 15 heavy (non-hydrogen) atoms. The molecule has 0 saturated carbocycles. The van der Waals surface area contributed by atoms with Crippen LogP contribution in [0.5, 0.6) is 0 Å². The third-order valence-electron chi connectivity index (χ3n) is 2.84. The molecule has 0 spiro atoms. The predicted molar refractivity (Wildman–Crippen MR) is 80.5 cm³/mol. The van der Waals surface area contributed by atoms with Crippen molar-refractivity contribution in [3.05, 3.63) is 0 Å². The quantitative estimate of drug-likeness (QED) is 0.441. The third-order valence-corrected chi connectivity index (χ3v) is 8.82. The number of rotatable bonds is 10. The van der Waals surface area contributed by atoms with Crippen LogP contribution in [-0.2, 0) is 0 Å². The zero-order chi connectivity index (χ0) is 11.6. The molecule has 94 valence electrons. The second-order valence-corrected chi connectivity index (χ2v) is 11.7. The van der Waals surface area contributed by atoms with Crippen LogP contribution in [0.2, 0.25) is 0 Å². The smallest absolute Gasteiger partial charge is 0.0136 e. The van der Waals surface area contributed by atoms with Gasteiger partial charge in [0.1, 0.15) is 0 Å². The Balaban J connectivity index is 3.89. The van der Waals surface area contributed by atoms with E-state index in [1.165, 1.54) is 62.2 Å². The van der Waals surface area contributed by atoms with Crippen LogP contribution in [0.1, 0.15) is 65.7 Å². The van der Waals surface area contributed by atoms with Crippen LogP contribution < -0.4 is 0 Å². The molecule has 0 aliphatic carbocycles. The van der Waals surface area contributed by atoms with E-state index in [0.717, 1.165) is 0 Å². The fraction of sp³-hybridized carbons (Fsp3) is 1.00. The molecule has 0 nitrogen and oxygen atoms in total. The summed E-state index contributed by atoms with van der Waals surface area (Å²) in [5.41, 5.74) is 0. The molecule has 0 N–H and O–H groups in total. The first-order valence-electron chi connectivity index (χ1n) is 6.64. The van der Waals surface area contributed by atoms with E-state index in [1.54, 1.807) is 0 Å². The molecule has 0 aromatic heterocycles. The van der Waals surface area contributed by atoms with E-state index in [0.29, 0.717) is 0 Å². The summed E-state index contributed by atoms with van der Waals surface area (Å²) >= 11 is 4.10. The number of hydrogen-bond acceptors (Lipinski definition) is 0. The van der Waals surface area contributed by atoms with Gasteiger partial charge in [0.05, 0.1) is 0 Å². The molecule has 0 rings (SSSR count). The standard InChI is InChI=1S/C13H29BrS/c1-4-7-10-13-15(14,11-8-5-2)12-9-6-3/h4-13H2,1-3H3. The molecule has 0 bridgehead atoms. The molecule has 0 amide bonds. The minimum Gasteiger partial charge on any atom is -0.183 e. The lowest BCUT2D eigenvalue weighted by molar-refractivity contribution is 0.773. The molecule has 0 aromatic rings. The van der Waals surface area contributed by atoms with E-state index in [4.69, 9.17) is 0 Å². The molecule has 0 fully saturated rings. The van der Waals surface area contributed by atoms with Gasteiger partial charge in [-0.2, -0.15) is 8.46 Å². The highest BCUT2D eigenvalue weighted by Gasteiger charge is 2.18. The first-order chi connectivity index (χ1) is 7.18. The van der Waals surface area contributed by atoms with E-state index < -0.39 is 8.46 Å². The fourth-order valence-corrected chi connectivity index (χ4v) is 6.73. The van der Waals surface area contributed by atoms with Crippen LogP contribution in [0.25, 0.3) is 0 Å². The van der Waals surface area contributed by atoms with Gasteiger partial charge < -0.3 is 0 Å². The first kappa shape index (κ1) is 15.8. The molecule has 0 aliphatic rings. The molecule has 0 aromatic carbocycles. The molecule has 0 aliphatic heterocycles. The maximum atomic E-state index is 4.10. The van der Waals surface area contributed by atoms with Crippen LogP contribution in [0.4, 0.5) is 0 Å². The van der Waals surface area contributed by atoms with Gasteiger partial charge in [-0.1, -0.05) is 46.5 Å². The van der Waals surface area contributed by atoms with Gasteiger partial charge in [0.2, 0.25) is 0 Å². The summed E-state index contributed by atoms with van der Waals surface area (Å²) in [6, 6.07) is 0. The Morgan fingerprint density at radius 3 is 1.47 bits per heavy atom. The molecule has 0 heterocycles. The first-order valence-corrected chi connectivity index (χ1v) is 10.6. The molecular weight excluding hydrogens is 268 g/mol. The summed E-state index contributed by atoms with van der Waals surface area (Å²) in [5, 5.41) is 0. The number of halogens is 1. The topological polar surface area (TPSA) is 0 Å². The highest BCUT2D eigenvalue weighted by atomic mass is 79.9. The fourth-order valence-electron chi connectivity index (χ4n) is 1.72. The third kappa shape index (κ3) is 8.62. The van der Waals surface area contributed by atoms with Crippen molar-refractivity contribution in [2.45, 2.75) is 65.7 Å². The van der Waals surface area contributed by atoms with Crippen LogP contribution >= 0.6 is 23.3 Å². The van der Waals surface area contributed by atoms with Gasteiger partial charge in [-0.25, -0.2) is 0 Å². The van der Waals surface area contributed by atoms with Crippen molar-refractivity contribution in [3.8, 4) is 0 Å². The van der Waals surface area contributed by atoms with Gasteiger partial charge in [-0.15, -0.1) is 0 Å². The van der Waals surface area contributed by atoms with Crippen molar-refractivity contribution in [1.29, 1.82) is 0 Å². The highest BCUT2D eigenvalue weighted by molar-refractivity contribution is 9.58. The maximum Gasteiger partial charge on any atom is -0.0136 e. The van der Waals surface area contributed by atoms with Gasteiger partial charge in [0.25, 0.3) is 0 Å². The summed E-state index contributed by atoms with van der Waals surface area (Å²) in [7, 11) is -0.423. The number of unbranched alkanes of at least 4 members (excludes halogenated alkanes) is 4. The molecule has 2 heteroatoms. The summed E-state index contributed by atoms with van der Waals surface area (Å²) in [5.74, 6) is 4.36. The van der Waals surface area contributed by atoms with E-state index in [1.807, 2.05) is 0 Å². The Labute approximate surface area is 106 Å². The van der Waals surface area contributed by atoms with Crippen molar-refractivity contribution < 1.29 is 0 Å². The van der Waals surface area contributed by atoms with Crippen molar-refractivity contribution in [2.75, 3.05) is 17.3 Å². The monoisotopic (exact) mass is 296 g/mol. The average Bonchev–Trinajstić information content (AvgIpc) is 2.24. The maximum absolute atomic E-state index is 4.10. The molecule has 0 radical (unpaired) electrons. The molecular formula is C13H29BrS. The van der Waals surface area contributed by atoms with Crippen molar-refractivity contribution >= 4 is 23.3 Å². The normalized spacial score (nSPS) is 13.1. The minimum atomic E-state index is -0.423. The largest absolute Gasteiger partial charge is 0.183 e. The summed E-state index contributed by atoms with van der Waals surface area (Å²) in [6.45, 7) is 6.90. The zero-order valence-corrected chi connectivity index (χ0v) is 13.3. The van der Waals surface area contributed by atoms with Crippen LogP contribution in [-0.4, -0.2) is 17.3 Å². The summed E-state index contributed by atoms with van der Waals surface area (Å²) in [6.07, 6.45) is 9.72. The van der Waals surface area contributed by atoms with Crippen LogP contribution in [0.15, 0.2) is 0 Å². The van der Waals surface area contributed by atoms with Crippen LogP contribution in [0.3, 0.4) is 0 Å². The van der Waals surface area contributed by atoms with Crippen molar-refractivity contribution in [1.82, 2.24) is 0 Å². The second kappa shape index (κ2) is 10.0. The summed E-state index contributed by atoms with van der Waals surface area (Å²) in [4.78, 5) is 0. The van der Waals surface area contributed by atoms with Gasteiger partial charge in [0, 0.05) is 0 Å². The van der Waals surface area contributed by atoms with Gasteiger partial charge >= 0.3 is 0 Å². The average molecular weight is 297 g/mol.